The number of aromatic nitrogens is 1. The van der Waals surface area contributed by atoms with E-state index >= 15 is 0 Å². The lowest BCUT2D eigenvalue weighted by Crippen LogP contribution is -2.17. The highest BCUT2D eigenvalue weighted by atomic mass is 35.5. The summed E-state index contributed by atoms with van der Waals surface area (Å²) in [5.41, 5.74) is 7.57. The van der Waals surface area contributed by atoms with Crippen LogP contribution in [0.2, 0.25) is 5.02 Å². The zero-order valence-corrected chi connectivity index (χ0v) is 25.9. The van der Waals surface area contributed by atoms with Gasteiger partial charge in [-0.3, -0.25) is 4.79 Å². The second-order valence-electron chi connectivity index (χ2n) is 10.0. The Balaban J connectivity index is 1.06. The van der Waals surface area contributed by atoms with Crippen molar-refractivity contribution in [2.45, 2.75) is 13.5 Å². The minimum Gasteiger partial charge on any atom is -0.490 e. The van der Waals surface area contributed by atoms with Gasteiger partial charge >= 0.3 is 0 Å². The molecule has 1 amide bonds. The highest BCUT2D eigenvalue weighted by Crippen LogP contribution is 2.30. The average molecular weight is 633 g/mol. The minimum absolute atomic E-state index is 0.318. The van der Waals surface area contributed by atoms with Crippen LogP contribution in [0.5, 0.6) is 11.5 Å². The van der Waals surface area contributed by atoms with E-state index in [-0.39, 0.29) is 5.91 Å². The van der Waals surface area contributed by atoms with E-state index in [1.54, 1.807) is 18.3 Å². The molecule has 1 aromatic heterocycles. The molecule has 0 fully saturated rings. The first-order valence-electron chi connectivity index (χ1n) is 14.3. The molecule has 0 saturated carbocycles. The van der Waals surface area contributed by atoms with E-state index in [0.717, 1.165) is 38.6 Å². The summed E-state index contributed by atoms with van der Waals surface area (Å²) in [6.45, 7) is 2.82. The third-order valence-electron chi connectivity index (χ3n) is 6.95. The molecule has 6 rings (SSSR count). The summed E-state index contributed by atoms with van der Waals surface area (Å²) < 4.78 is 12.0. The molecule has 9 heteroatoms. The summed E-state index contributed by atoms with van der Waals surface area (Å²) in [5, 5.41) is 13.2. The molecule has 7 nitrogen and oxygen atoms in total. The highest BCUT2D eigenvalue weighted by molar-refractivity contribution is 7.14. The Kier molecular flexibility index (Phi) is 9.34. The van der Waals surface area contributed by atoms with Gasteiger partial charge in [0.2, 0.25) is 0 Å². The molecule has 0 unspecified atom stereocenters. The van der Waals surface area contributed by atoms with Crippen molar-refractivity contribution in [1.29, 1.82) is 0 Å². The Morgan fingerprint density at radius 3 is 2.53 bits per heavy atom. The number of rotatable bonds is 11. The van der Waals surface area contributed by atoms with E-state index < -0.39 is 0 Å². The number of thiazole rings is 1. The molecule has 0 spiro atoms. The van der Waals surface area contributed by atoms with Crippen LogP contribution in [0, 0.1) is 0 Å². The maximum atomic E-state index is 12.7. The van der Waals surface area contributed by atoms with Crippen LogP contribution in [0.25, 0.3) is 22.0 Å². The summed E-state index contributed by atoms with van der Waals surface area (Å²) in [5.74, 6) is 0.928. The number of hydrogen-bond acceptors (Lipinski definition) is 7. The lowest BCUT2D eigenvalue weighted by molar-refractivity contribution is 0.0955. The van der Waals surface area contributed by atoms with E-state index in [1.807, 2.05) is 85.1 Å². The monoisotopic (exact) mass is 632 g/mol. The van der Waals surface area contributed by atoms with Gasteiger partial charge in [-0.1, -0.05) is 66.2 Å². The number of fused-ring (bicyclic) bond motifs is 1. The molecule has 6 aromatic rings. The summed E-state index contributed by atoms with van der Waals surface area (Å²) in [4.78, 5) is 17.4. The number of halogens is 1. The van der Waals surface area contributed by atoms with Crippen molar-refractivity contribution in [3.05, 3.63) is 136 Å². The number of hydrazone groups is 1. The quantitative estimate of drug-likeness (QED) is 0.110. The van der Waals surface area contributed by atoms with Crippen molar-refractivity contribution in [1.82, 2.24) is 10.4 Å². The Hall–Kier alpha value is -5.18. The van der Waals surface area contributed by atoms with Crippen LogP contribution in [-0.2, 0) is 6.61 Å². The Labute approximate surface area is 270 Å². The fraction of sp³-hybridized carbons (Fsp3) is 0.0833. The maximum absolute atomic E-state index is 12.7. The Morgan fingerprint density at radius 1 is 0.911 bits per heavy atom. The largest absolute Gasteiger partial charge is 0.490 e. The number of benzene rings is 5. The topological polar surface area (TPSA) is 84.8 Å². The van der Waals surface area contributed by atoms with Crippen LogP contribution in [0.15, 0.2) is 120 Å². The van der Waals surface area contributed by atoms with E-state index in [2.05, 4.69) is 45.1 Å². The first kappa shape index (κ1) is 29.9. The fourth-order valence-corrected chi connectivity index (χ4v) is 5.58. The third-order valence-corrected chi connectivity index (χ3v) is 7.96. The van der Waals surface area contributed by atoms with Crippen molar-refractivity contribution < 1.29 is 14.3 Å². The molecule has 0 radical (unpaired) electrons. The molecule has 224 valence electrons. The second-order valence-corrected chi connectivity index (χ2v) is 11.3. The Bertz CT molecular complexity index is 1950. The zero-order valence-electron chi connectivity index (χ0n) is 24.4. The number of nitrogens with one attached hydrogen (secondary N) is 2. The molecule has 0 bridgehead atoms. The Morgan fingerprint density at radius 2 is 1.71 bits per heavy atom. The van der Waals surface area contributed by atoms with Crippen molar-refractivity contribution in [2.75, 3.05) is 11.9 Å². The third kappa shape index (κ3) is 7.49. The molecule has 0 saturated heterocycles. The van der Waals surface area contributed by atoms with Gasteiger partial charge in [0.05, 0.1) is 18.5 Å². The molecule has 45 heavy (non-hydrogen) atoms. The number of anilines is 2. The summed E-state index contributed by atoms with van der Waals surface area (Å²) >= 11 is 7.46. The minimum atomic E-state index is -0.318. The van der Waals surface area contributed by atoms with E-state index in [9.17, 15) is 4.79 Å². The molecule has 5 aromatic carbocycles. The molecular formula is C36H29ClN4O3S. The maximum Gasteiger partial charge on any atom is 0.271 e. The zero-order chi connectivity index (χ0) is 31.0. The molecule has 0 aliphatic carbocycles. The predicted molar refractivity (Wildman–Crippen MR) is 183 cm³/mol. The van der Waals surface area contributed by atoms with Crippen molar-refractivity contribution >= 4 is 56.7 Å². The van der Waals surface area contributed by atoms with Gasteiger partial charge < -0.3 is 14.8 Å². The summed E-state index contributed by atoms with van der Waals surface area (Å²) in [6.07, 6.45) is 1.58. The second kappa shape index (κ2) is 14.1. The standard InChI is InChI=1S/C36H29ClN4O3S/c1-2-43-34-20-24(10-19-33(34)44-22-28-8-5-7-25-6-3-4-9-31(25)28)21-38-41-35(42)27-13-11-26(12-14-27)32-23-45-36(40-32)39-30-17-15-29(37)16-18-30/h3-21,23H,2,22H2,1H3,(H,39,40)(H,41,42)/b38-21-. The van der Waals surface area contributed by atoms with Gasteiger partial charge in [-0.2, -0.15) is 5.10 Å². The molecule has 2 N–H and O–H groups in total. The van der Waals surface area contributed by atoms with Crippen molar-refractivity contribution in [3.63, 3.8) is 0 Å². The van der Waals surface area contributed by atoms with Crippen molar-refractivity contribution in [3.8, 4) is 22.8 Å². The lowest BCUT2D eigenvalue weighted by atomic mass is 10.1. The van der Waals surface area contributed by atoms with Gasteiger partial charge in [0, 0.05) is 27.2 Å². The lowest BCUT2D eigenvalue weighted by Gasteiger charge is -2.13. The van der Waals surface area contributed by atoms with E-state index in [1.165, 1.54) is 16.7 Å². The van der Waals surface area contributed by atoms with Crippen LogP contribution in [0.1, 0.15) is 28.4 Å². The summed E-state index contributed by atoms with van der Waals surface area (Å²) in [6, 6.07) is 34.7. The fourth-order valence-electron chi connectivity index (χ4n) is 4.71. The molecule has 0 atom stereocenters. The smallest absolute Gasteiger partial charge is 0.271 e. The first-order chi connectivity index (χ1) is 22.1. The van der Waals surface area contributed by atoms with E-state index in [0.29, 0.717) is 35.3 Å². The average Bonchev–Trinajstić information content (AvgIpc) is 3.54. The van der Waals surface area contributed by atoms with Gasteiger partial charge in [-0.15, -0.1) is 11.3 Å². The SMILES string of the molecule is CCOc1cc(/C=N\NC(=O)c2ccc(-c3csc(Nc4ccc(Cl)cc4)n3)cc2)ccc1OCc1cccc2ccccc12. The van der Waals surface area contributed by atoms with Gasteiger partial charge in [0.25, 0.3) is 5.91 Å². The number of amides is 1. The number of ether oxygens (including phenoxy) is 2. The van der Waals surface area contributed by atoms with Gasteiger partial charge in [-0.25, -0.2) is 10.4 Å². The number of hydrogen-bond donors (Lipinski definition) is 2. The molecular weight excluding hydrogens is 604 g/mol. The van der Waals surface area contributed by atoms with Crippen LogP contribution >= 0.6 is 22.9 Å². The van der Waals surface area contributed by atoms with Crippen LogP contribution < -0.4 is 20.2 Å². The molecule has 1 heterocycles. The predicted octanol–water partition coefficient (Wildman–Crippen LogP) is 9.10. The number of carbonyl (C=O) groups excluding carboxylic acids is 1. The van der Waals surface area contributed by atoms with Gasteiger partial charge in [0.1, 0.15) is 6.61 Å². The van der Waals surface area contributed by atoms with E-state index in [4.69, 9.17) is 21.1 Å². The molecule has 0 aliphatic heterocycles. The van der Waals surface area contributed by atoms with Gasteiger partial charge in [-0.05, 0) is 83.4 Å². The normalized spacial score (nSPS) is 11.1. The van der Waals surface area contributed by atoms with Crippen LogP contribution in [0.4, 0.5) is 10.8 Å². The van der Waals surface area contributed by atoms with Crippen molar-refractivity contribution in [2.24, 2.45) is 5.10 Å². The highest BCUT2D eigenvalue weighted by Gasteiger charge is 2.10. The number of carbonyl (C=O) groups is 1. The first-order valence-corrected chi connectivity index (χ1v) is 15.6. The number of nitrogens with zero attached hydrogens (tertiary/aromatic N) is 2. The van der Waals surface area contributed by atoms with Crippen LogP contribution in [-0.4, -0.2) is 23.7 Å². The van der Waals surface area contributed by atoms with Crippen LogP contribution in [0.3, 0.4) is 0 Å². The molecule has 0 aliphatic rings. The summed E-state index contributed by atoms with van der Waals surface area (Å²) in [7, 11) is 0. The van der Waals surface area contributed by atoms with Gasteiger partial charge in [0.15, 0.2) is 16.6 Å².